The van der Waals surface area contributed by atoms with E-state index in [4.69, 9.17) is 9.47 Å². The first-order chi connectivity index (χ1) is 15.1. The molecule has 0 bridgehead atoms. The van der Waals surface area contributed by atoms with E-state index in [2.05, 4.69) is 20.9 Å². The molecular formula is C22H22N4O4S. The standard InChI is InChI=1S/C22H22N4O4S/c27-20(13-4-2-1-3-5-13)26-22-25-16-10-14(7-9-19(16)31-22)23-21(28)24-15-6-8-17-18(11-15)30-12-29-17/h6-11,13H,1-5,12H2,(H2,23,24,28)(H,25,26,27). The maximum atomic E-state index is 12.5. The lowest BCUT2D eigenvalue weighted by Gasteiger charge is -2.19. The molecule has 1 aromatic heterocycles. The van der Waals surface area contributed by atoms with Crippen molar-refractivity contribution in [2.45, 2.75) is 32.1 Å². The number of benzene rings is 2. The van der Waals surface area contributed by atoms with Crippen LogP contribution in [0, 0.1) is 5.92 Å². The molecule has 31 heavy (non-hydrogen) atoms. The zero-order chi connectivity index (χ0) is 21.2. The van der Waals surface area contributed by atoms with Gasteiger partial charge in [-0.3, -0.25) is 4.79 Å². The fraction of sp³-hybridized carbons (Fsp3) is 0.318. The lowest BCUT2D eigenvalue weighted by atomic mass is 9.89. The molecular weight excluding hydrogens is 416 g/mol. The van der Waals surface area contributed by atoms with Crippen molar-refractivity contribution in [2.75, 3.05) is 22.7 Å². The van der Waals surface area contributed by atoms with Crippen molar-refractivity contribution in [3.05, 3.63) is 36.4 Å². The summed E-state index contributed by atoms with van der Waals surface area (Å²) < 4.78 is 11.5. The minimum absolute atomic E-state index is 0.0557. The third-order valence-corrected chi connectivity index (χ3v) is 6.43. The first-order valence-electron chi connectivity index (χ1n) is 10.3. The molecule has 2 aliphatic rings. The molecule has 3 aromatic rings. The molecule has 5 rings (SSSR count). The molecule has 1 saturated carbocycles. The number of thiazole rings is 1. The van der Waals surface area contributed by atoms with Gasteiger partial charge in [0.05, 0.1) is 10.2 Å². The number of urea groups is 1. The van der Waals surface area contributed by atoms with Crippen LogP contribution in [0.1, 0.15) is 32.1 Å². The van der Waals surface area contributed by atoms with E-state index < -0.39 is 0 Å². The number of rotatable bonds is 4. The molecule has 8 nitrogen and oxygen atoms in total. The summed E-state index contributed by atoms with van der Waals surface area (Å²) in [5.74, 6) is 1.40. The van der Waals surface area contributed by atoms with E-state index in [9.17, 15) is 9.59 Å². The lowest BCUT2D eigenvalue weighted by molar-refractivity contribution is -0.120. The summed E-state index contributed by atoms with van der Waals surface area (Å²) in [5, 5.41) is 9.13. The number of ether oxygens (including phenoxy) is 2. The maximum Gasteiger partial charge on any atom is 0.323 e. The number of anilines is 3. The van der Waals surface area contributed by atoms with Crippen molar-refractivity contribution < 1.29 is 19.1 Å². The molecule has 3 N–H and O–H groups in total. The Balaban J connectivity index is 1.23. The van der Waals surface area contributed by atoms with E-state index >= 15 is 0 Å². The number of carbonyl (C=O) groups excluding carboxylic acids is 2. The summed E-state index contributed by atoms with van der Waals surface area (Å²) in [5.41, 5.74) is 1.94. The van der Waals surface area contributed by atoms with Gasteiger partial charge in [0.1, 0.15) is 0 Å². The van der Waals surface area contributed by atoms with Crippen LogP contribution >= 0.6 is 11.3 Å². The van der Waals surface area contributed by atoms with Crippen LogP contribution in [0.25, 0.3) is 10.2 Å². The first-order valence-corrected chi connectivity index (χ1v) is 11.1. The second-order valence-corrected chi connectivity index (χ2v) is 8.70. The number of nitrogens with one attached hydrogen (secondary N) is 3. The highest BCUT2D eigenvalue weighted by Crippen LogP contribution is 2.34. The SMILES string of the molecule is O=C(Nc1ccc2c(c1)OCO2)Nc1ccc2sc(NC(=O)C3CCCCC3)nc2c1. The monoisotopic (exact) mass is 438 g/mol. The largest absolute Gasteiger partial charge is 0.454 e. The van der Waals surface area contributed by atoms with E-state index in [0.717, 1.165) is 35.9 Å². The first kappa shape index (κ1) is 19.6. The van der Waals surface area contributed by atoms with Crippen molar-refractivity contribution >= 4 is 50.0 Å². The Morgan fingerprint density at radius 3 is 2.48 bits per heavy atom. The smallest absolute Gasteiger partial charge is 0.323 e. The van der Waals surface area contributed by atoms with Crippen LogP contribution in [-0.4, -0.2) is 23.7 Å². The molecule has 2 heterocycles. The number of nitrogens with zero attached hydrogens (tertiary/aromatic N) is 1. The van der Waals surface area contributed by atoms with Crippen LogP contribution in [0.4, 0.5) is 21.3 Å². The predicted octanol–water partition coefficient (Wildman–Crippen LogP) is 5.19. The third-order valence-electron chi connectivity index (χ3n) is 5.48. The number of carbonyl (C=O) groups is 2. The fourth-order valence-electron chi connectivity index (χ4n) is 3.90. The summed E-state index contributed by atoms with van der Waals surface area (Å²) in [6, 6.07) is 10.3. The van der Waals surface area contributed by atoms with Crippen molar-refractivity contribution in [3.8, 4) is 11.5 Å². The predicted molar refractivity (Wildman–Crippen MR) is 120 cm³/mol. The van der Waals surface area contributed by atoms with Gasteiger partial charge in [-0.1, -0.05) is 30.6 Å². The van der Waals surface area contributed by atoms with Crippen LogP contribution in [0.3, 0.4) is 0 Å². The van der Waals surface area contributed by atoms with Gasteiger partial charge in [0.25, 0.3) is 0 Å². The van der Waals surface area contributed by atoms with Crippen LogP contribution < -0.4 is 25.4 Å². The van der Waals surface area contributed by atoms with Crippen molar-refractivity contribution in [3.63, 3.8) is 0 Å². The zero-order valence-corrected chi connectivity index (χ0v) is 17.6. The van der Waals surface area contributed by atoms with Crippen LogP contribution in [0.2, 0.25) is 0 Å². The van der Waals surface area contributed by atoms with Gasteiger partial charge in [0.2, 0.25) is 12.7 Å². The van der Waals surface area contributed by atoms with E-state index in [1.165, 1.54) is 17.8 Å². The molecule has 0 unspecified atom stereocenters. The average Bonchev–Trinajstić information content (AvgIpc) is 3.39. The Morgan fingerprint density at radius 1 is 0.903 bits per heavy atom. The molecule has 0 atom stereocenters. The van der Waals surface area contributed by atoms with Crippen LogP contribution in [0.15, 0.2) is 36.4 Å². The second kappa shape index (κ2) is 8.43. The van der Waals surface area contributed by atoms with Gasteiger partial charge in [-0.2, -0.15) is 0 Å². The highest BCUT2D eigenvalue weighted by molar-refractivity contribution is 7.22. The van der Waals surface area contributed by atoms with Gasteiger partial charge in [-0.15, -0.1) is 0 Å². The summed E-state index contributed by atoms with van der Waals surface area (Å²) in [7, 11) is 0. The molecule has 1 fully saturated rings. The summed E-state index contributed by atoms with van der Waals surface area (Å²) in [6.45, 7) is 0.182. The van der Waals surface area contributed by atoms with Crippen molar-refractivity contribution in [1.29, 1.82) is 0 Å². The Bertz CT molecular complexity index is 1140. The number of amides is 3. The Kier molecular flexibility index (Phi) is 5.33. The van der Waals surface area contributed by atoms with E-state index in [0.29, 0.717) is 28.0 Å². The topological polar surface area (TPSA) is 102 Å². The highest BCUT2D eigenvalue weighted by atomic mass is 32.1. The lowest BCUT2D eigenvalue weighted by Crippen LogP contribution is -2.24. The molecule has 9 heteroatoms. The van der Waals surface area contributed by atoms with Crippen molar-refractivity contribution in [1.82, 2.24) is 4.98 Å². The minimum Gasteiger partial charge on any atom is -0.454 e. The van der Waals surface area contributed by atoms with Crippen LogP contribution in [-0.2, 0) is 4.79 Å². The molecule has 0 saturated heterocycles. The van der Waals surface area contributed by atoms with Gasteiger partial charge < -0.3 is 25.4 Å². The zero-order valence-electron chi connectivity index (χ0n) is 16.8. The summed E-state index contributed by atoms with van der Waals surface area (Å²) in [6.07, 6.45) is 5.33. The summed E-state index contributed by atoms with van der Waals surface area (Å²) >= 11 is 1.43. The van der Waals surface area contributed by atoms with Gasteiger partial charge in [-0.05, 0) is 43.2 Å². The van der Waals surface area contributed by atoms with E-state index in [-0.39, 0.29) is 24.6 Å². The molecule has 2 aromatic carbocycles. The molecule has 3 amide bonds. The van der Waals surface area contributed by atoms with Crippen molar-refractivity contribution in [2.24, 2.45) is 5.92 Å². The minimum atomic E-state index is -0.376. The fourth-order valence-corrected chi connectivity index (χ4v) is 4.75. The molecule has 1 aliphatic carbocycles. The molecule has 1 aliphatic heterocycles. The Morgan fingerprint density at radius 2 is 1.65 bits per heavy atom. The average molecular weight is 439 g/mol. The van der Waals surface area contributed by atoms with Gasteiger partial charge in [-0.25, -0.2) is 9.78 Å². The number of fused-ring (bicyclic) bond motifs is 2. The van der Waals surface area contributed by atoms with E-state index in [1.807, 2.05) is 12.1 Å². The quantitative estimate of drug-likeness (QED) is 0.520. The van der Waals surface area contributed by atoms with Gasteiger partial charge in [0, 0.05) is 23.4 Å². The molecule has 0 spiro atoms. The molecule has 0 radical (unpaired) electrons. The van der Waals surface area contributed by atoms with Crippen LogP contribution in [0.5, 0.6) is 11.5 Å². The second-order valence-electron chi connectivity index (χ2n) is 7.67. The highest BCUT2D eigenvalue weighted by Gasteiger charge is 2.22. The number of aromatic nitrogens is 1. The number of hydrogen-bond donors (Lipinski definition) is 3. The summed E-state index contributed by atoms with van der Waals surface area (Å²) in [4.78, 5) is 29.4. The Labute approximate surface area is 183 Å². The van der Waals surface area contributed by atoms with Gasteiger partial charge >= 0.3 is 6.03 Å². The Hall–Kier alpha value is -3.33. The van der Waals surface area contributed by atoms with Gasteiger partial charge in [0.15, 0.2) is 16.6 Å². The normalized spacial score (nSPS) is 15.6. The molecule has 160 valence electrons. The maximum absolute atomic E-state index is 12.5. The third kappa shape index (κ3) is 4.41. The van der Waals surface area contributed by atoms with E-state index in [1.54, 1.807) is 24.3 Å². The number of hydrogen-bond acceptors (Lipinski definition) is 6.